The number of hydrogen-bond donors (Lipinski definition) is 5. The number of ether oxygens (including phenoxy) is 1. The van der Waals surface area contributed by atoms with E-state index in [1.165, 1.54) is 0 Å². The molecule has 1 aliphatic rings. The first-order chi connectivity index (χ1) is 25.2. The highest BCUT2D eigenvalue weighted by Gasteiger charge is 2.50. The van der Waals surface area contributed by atoms with E-state index in [4.69, 9.17) is 4.74 Å². The predicted molar refractivity (Wildman–Crippen MR) is 206 cm³/mol. The summed E-state index contributed by atoms with van der Waals surface area (Å²) >= 11 is 0. The Balaban J connectivity index is 1.53. The zero-order chi connectivity index (χ0) is 38.5. The largest absolute Gasteiger partial charge is 0.361 e. The summed E-state index contributed by atoms with van der Waals surface area (Å²) in [5.74, 6) is -1.66. The van der Waals surface area contributed by atoms with Crippen LogP contribution in [0.15, 0.2) is 84.9 Å². The molecule has 0 radical (unpaired) electrons. The maximum absolute atomic E-state index is 14.1. The van der Waals surface area contributed by atoms with Crippen LogP contribution in [0.2, 0.25) is 0 Å². The minimum atomic E-state index is -1.04. The molecule has 5 amide bonds. The fourth-order valence-corrected chi connectivity index (χ4v) is 6.09. The van der Waals surface area contributed by atoms with Gasteiger partial charge >= 0.3 is 6.03 Å². The van der Waals surface area contributed by atoms with Crippen LogP contribution in [0.25, 0.3) is 0 Å². The zero-order valence-electron chi connectivity index (χ0n) is 31.7. The SMILES string of the molecule is Cc1ccc(NC(=O)N[C@@H](CCc2ccccc2)C(=O)N[C@@H](CC(C)C)C(=O)N[C@@H](Cc2ccccc2)C(=O)N[C@@H](CC(C)C)C(=O)[C@@]2(C)CO2)cc1. The van der Waals surface area contributed by atoms with Crippen molar-refractivity contribution < 1.29 is 28.7 Å². The summed E-state index contributed by atoms with van der Waals surface area (Å²) in [6.45, 7) is 11.8. The Bertz CT molecular complexity index is 1680. The number of rotatable bonds is 19. The third-order valence-electron chi connectivity index (χ3n) is 9.19. The molecular weight excluding hydrogens is 670 g/mol. The highest BCUT2D eigenvalue weighted by atomic mass is 16.6. The average molecular weight is 726 g/mol. The average Bonchev–Trinajstić information content (AvgIpc) is 3.88. The second-order valence-electron chi connectivity index (χ2n) is 15.1. The van der Waals surface area contributed by atoms with Crippen molar-refractivity contribution in [3.8, 4) is 0 Å². The topological polar surface area (TPSA) is 158 Å². The van der Waals surface area contributed by atoms with Gasteiger partial charge in [0, 0.05) is 12.1 Å². The third-order valence-corrected chi connectivity index (χ3v) is 9.19. The van der Waals surface area contributed by atoms with E-state index in [0.717, 1.165) is 16.7 Å². The van der Waals surface area contributed by atoms with Gasteiger partial charge in [0.1, 0.15) is 23.7 Å². The highest BCUT2D eigenvalue weighted by Crippen LogP contribution is 2.29. The summed E-state index contributed by atoms with van der Waals surface area (Å²) in [6, 6.07) is 21.8. The molecule has 0 aliphatic carbocycles. The Morgan fingerprint density at radius 2 is 1.13 bits per heavy atom. The number of aryl methyl sites for hydroxylation is 2. The minimum absolute atomic E-state index is 0.000318. The van der Waals surface area contributed by atoms with Crippen molar-refractivity contribution in [2.45, 2.75) is 103 Å². The maximum atomic E-state index is 14.1. The van der Waals surface area contributed by atoms with Crippen LogP contribution in [0.1, 0.15) is 70.6 Å². The van der Waals surface area contributed by atoms with E-state index in [-0.39, 0.29) is 36.9 Å². The van der Waals surface area contributed by atoms with E-state index in [2.05, 4.69) is 26.6 Å². The van der Waals surface area contributed by atoms with E-state index in [0.29, 0.717) is 25.1 Å². The van der Waals surface area contributed by atoms with E-state index in [1.807, 2.05) is 107 Å². The van der Waals surface area contributed by atoms with Gasteiger partial charge < -0.3 is 31.3 Å². The molecule has 0 aromatic heterocycles. The Labute approximate surface area is 313 Å². The van der Waals surface area contributed by atoms with Crippen molar-refractivity contribution in [2.75, 3.05) is 11.9 Å². The normalized spacial score (nSPS) is 17.2. The molecule has 11 heteroatoms. The summed E-state index contributed by atoms with van der Waals surface area (Å²) in [7, 11) is 0. The van der Waals surface area contributed by atoms with E-state index >= 15 is 0 Å². The second kappa shape index (κ2) is 19.2. The van der Waals surface area contributed by atoms with Gasteiger partial charge in [-0.15, -0.1) is 0 Å². The minimum Gasteiger partial charge on any atom is -0.361 e. The van der Waals surface area contributed by atoms with Crippen molar-refractivity contribution >= 4 is 35.2 Å². The fraction of sp³-hybridized carbons (Fsp3) is 0.452. The molecule has 0 spiro atoms. The Morgan fingerprint density at radius 3 is 1.70 bits per heavy atom. The predicted octanol–water partition coefficient (Wildman–Crippen LogP) is 5.27. The Morgan fingerprint density at radius 1 is 0.642 bits per heavy atom. The number of urea groups is 1. The summed E-state index contributed by atoms with van der Waals surface area (Å²) in [5, 5.41) is 14.3. The Hall–Kier alpha value is -5.03. The number of epoxide rings is 1. The van der Waals surface area contributed by atoms with Crippen LogP contribution in [-0.4, -0.2) is 65.9 Å². The van der Waals surface area contributed by atoms with Gasteiger partial charge in [0.15, 0.2) is 5.78 Å². The van der Waals surface area contributed by atoms with Gasteiger partial charge in [-0.2, -0.15) is 0 Å². The summed E-state index contributed by atoms with van der Waals surface area (Å²) in [4.78, 5) is 68.5. The molecule has 3 aromatic rings. The van der Waals surface area contributed by atoms with Gasteiger partial charge in [0.05, 0.1) is 12.6 Å². The van der Waals surface area contributed by atoms with Gasteiger partial charge in [0.2, 0.25) is 17.7 Å². The fourth-order valence-electron chi connectivity index (χ4n) is 6.09. The first-order valence-corrected chi connectivity index (χ1v) is 18.5. The molecule has 3 aromatic carbocycles. The first-order valence-electron chi connectivity index (χ1n) is 18.5. The molecule has 284 valence electrons. The van der Waals surface area contributed by atoms with Gasteiger partial charge in [0.25, 0.3) is 0 Å². The van der Waals surface area contributed by atoms with Crippen LogP contribution in [-0.2, 0) is 36.8 Å². The zero-order valence-corrected chi connectivity index (χ0v) is 31.7. The van der Waals surface area contributed by atoms with Crippen LogP contribution in [0.3, 0.4) is 0 Å². The summed E-state index contributed by atoms with van der Waals surface area (Å²) in [5.41, 5.74) is 2.49. The van der Waals surface area contributed by atoms with E-state index in [9.17, 15) is 24.0 Å². The summed E-state index contributed by atoms with van der Waals surface area (Å²) < 4.78 is 5.41. The van der Waals surface area contributed by atoms with Crippen molar-refractivity contribution in [1.29, 1.82) is 0 Å². The number of amides is 5. The number of nitrogens with one attached hydrogen (secondary N) is 5. The molecule has 1 fully saturated rings. The number of benzene rings is 3. The third kappa shape index (κ3) is 13.2. The van der Waals surface area contributed by atoms with E-state index in [1.54, 1.807) is 19.1 Å². The molecule has 5 atom stereocenters. The van der Waals surface area contributed by atoms with Crippen LogP contribution in [0.4, 0.5) is 10.5 Å². The number of ketones is 1. The molecule has 0 bridgehead atoms. The quantitative estimate of drug-likeness (QED) is 0.106. The van der Waals surface area contributed by atoms with Gasteiger partial charge in [-0.05, 0) is 74.6 Å². The number of hydrogen-bond acceptors (Lipinski definition) is 6. The molecule has 4 rings (SSSR count). The Kier molecular flexibility index (Phi) is 14.7. The number of Topliss-reactive ketones (excluding diaryl/α,β-unsaturated/α-hetero) is 1. The van der Waals surface area contributed by atoms with Gasteiger partial charge in [-0.25, -0.2) is 4.79 Å². The lowest BCUT2D eigenvalue weighted by atomic mass is 9.93. The number of carbonyl (C=O) groups excluding carboxylic acids is 5. The molecule has 53 heavy (non-hydrogen) atoms. The highest BCUT2D eigenvalue weighted by molar-refractivity contribution is 5.99. The molecule has 0 unspecified atom stereocenters. The number of carbonyl (C=O) groups is 5. The molecule has 1 saturated heterocycles. The molecule has 0 saturated carbocycles. The van der Waals surface area contributed by atoms with Gasteiger partial charge in [-0.1, -0.05) is 106 Å². The molecule has 11 nitrogen and oxygen atoms in total. The van der Waals surface area contributed by atoms with Crippen LogP contribution in [0.5, 0.6) is 0 Å². The van der Waals surface area contributed by atoms with Crippen LogP contribution < -0.4 is 26.6 Å². The monoisotopic (exact) mass is 725 g/mol. The smallest absolute Gasteiger partial charge is 0.319 e. The van der Waals surface area contributed by atoms with E-state index < -0.39 is 53.5 Å². The standard InChI is InChI=1S/C42H55N5O6/c1-27(2)23-34(37(48)42(6)26-53-42)44-40(51)36(25-31-15-11-8-12-16-31)46-39(50)35(24-28(3)4)45-38(49)33(22-19-30-13-9-7-10-14-30)47-41(52)43-32-20-17-29(5)18-21-32/h7-18,20-21,27-28,33-36H,19,22-26H2,1-6H3,(H,44,51)(H,45,49)(H,46,50)(H2,43,47,52)/t33-,34-,35-,36-,42+/m0/s1. The molecule has 5 N–H and O–H groups in total. The summed E-state index contributed by atoms with van der Waals surface area (Å²) in [6.07, 6.45) is 1.64. The van der Waals surface area contributed by atoms with Crippen LogP contribution >= 0.6 is 0 Å². The molecular formula is C42H55N5O6. The molecule has 1 heterocycles. The lowest BCUT2D eigenvalue weighted by Gasteiger charge is -2.28. The van der Waals surface area contributed by atoms with Gasteiger partial charge in [-0.3, -0.25) is 19.2 Å². The van der Waals surface area contributed by atoms with Crippen molar-refractivity contribution in [2.24, 2.45) is 11.8 Å². The second-order valence-corrected chi connectivity index (χ2v) is 15.1. The van der Waals surface area contributed by atoms with Crippen molar-refractivity contribution in [1.82, 2.24) is 21.3 Å². The molecule has 1 aliphatic heterocycles. The number of anilines is 1. The lowest BCUT2D eigenvalue weighted by Crippen LogP contribution is -2.59. The van der Waals surface area contributed by atoms with Crippen LogP contribution in [0, 0.1) is 18.8 Å². The van der Waals surface area contributed by atoms with Crippen molar-refractivity contribution in [3.63, 3.8) is 0 Å². The van der Waals surface area contributed by atoms with Crippen molar-refractivity contribution in [3.05, 3.63) is 102 Å². The maximum Gasteiger partial charge on any atom is 0.319 e. The lowest BCUT2D eigenvalue weighted by molar-refractivity contribution is -0.134. The first kappa shape index (κ1) is 40.7.